The van der Waals surface area contributed by atoms with Crippen molar-refractivity contribution in [3.05, 3.63) is 41.4 Å². The van der Waals surface area contributed by atoms with Crippen molar-refractivity contribution in [3.8, 4) is 11.4 Å². The van der Waals surface area contributed by atoms with Crippen molar-refractivity contribution in [2.45, 2.75) is 17.2 Å². The Hall–Kier alpha value is -2.45. The van der Waals surface area contributed by atoms with Gasteiger partial charge in [-0.2, -0.15) is 9.61 Å². The SMILES string of the molecule is CC(=O)C(Sc1ccc2nnc(-c3ccc(Cl)cc3)n2n1)C(=O)N(C)C. The van der Waals surface area contributed by atoms with Gasteiger partial charge in [0.2, 0.25) is 5.91 Å². The number of nitrogens with zero attached hydrogens (tertiary/aromatic N) is 5. The monoisotopic (exact) mass is 389 g/mol. The maximum atomic E-state index is 12.2. The highest BCUT2D eigenvalue weighted by Crippen LogP contribution is 2.25. The Morgan fingerprint density at radius 2 is 1.81 bits per heavy atom. The number of thioether (sulfide) groups is 1. The Morgan fingerprint density at radius 3 is 2.42 bits per heavy atom. The van der Waals surface area contributed by atoms with Crippen LogP contribution in [0.5, 0.6) is 0 Å². The first-order valence-corrected chi connectivity index (χ1v) is 8.99. The molecule has 3 rings (SSSR count). The van der Waals surface area contributed by atoms with Crippen LogP contribution in [0.3, 0.4) is 0 Å². The van der Waals surface area contributed by atoms with E-state index in [4.69, 9.17) is 11.6 Å². The summed E-state index contributed by atoms with van der Waals surface area (Å²) in [5.74, 6) is 0.0563. The van der Waals surface area contributed by atoms with Gasteiger partial charge in [-0.3, -0.25) is 9.59 Å². The van der Waals surface area contributed by atoms with Crippen LogP contribution in [0.4, 0.5) is 0 Å². The largest absolute Gasteiger partial charge is 0.347 e. The van der Waals surface area contributed by atoms with E-state index in [1.165, 1.54) is 11.8 Å². The molecule has 1 amide bonds. The van der Waals surface area contributed by atoms with Gasteiger partial charge in [0.1, 0.15) is 10.3 Å². The number of hydrogen-bond donors (Lipinski definition) is 0. The molecular weight excluding hydrogens is 374 g/mol. The summed E-state index contributed by atoms with van der Waals surface area (Å²) in [5, 5.41) is 13.1. The molecule has 0 saturated carbocycles. The third-order valence-corrected chi connectivity index (χ3v) is 5.09. The van der Waals surface area contributed by atoms with Crippen LogP contribution in [0.2, 0.25) is 5.02 Å². The van der Waals surface area contributed by atoms with E-state index in [2.05, 4.69) is 15.3 Å². The lowest BCUT2D eigenvalue weighted by Crippen LogP contribution is -2.36. The summed E-state index contributed by atoms with van der Waals surface area (Å²) < 4.78 is 1.59. The molecule has 2 aromatic heterocycles. The number of benzene rings is 1. The first-order chi connectivity index (χ1) is 12.4. The van der Waals surface area contributed by atoms with Gasteiger partial charge in [-0.15, -0.1) is 10.2 Å². The van der Waals surface area contributed by atoms with E-state index in [9.17, 15) is 9.59 Å². The van der Waals surface area contributed by atoms with Crippen molar-refractivity contribution in [2.75, 3.05) is 14.1 Å². The highest BCUT2D eigenvalue weighted by molar-refractivity contribution is 8.01. The van der Waals surface area contributed by atoms with Crippen LogP contribution in [-0.2, 0) is 9.59 Å². The topological polar surface area (TPSA) is 80.5 Å². The van der Waals surface area contributed by atoms with Crippen LogP contribution < -0.4 is 0 Å². The third-order valence-electron chi connectivity index (χ3n) is 3.61. The zero-order valence-electron chi connectivity index (χ0n) is 14.4. The Balaban J connectivity index is 1.98. The number of ketones is 1. The van der Waals surface area contributed by atoms with Crippen molar-refractivity contribution >= 4 is 40.7 Å². The molecule has 0 bridgehead atoms. The number of hydrogen-bond acceptors (Lipinski definition) is 6. The minimum atomic E-state index is -0.842. The van der Waals surface area contributed by atoms with E-state index in [1.807, 2.05) is 12.1 Å². The third kappa shape index (κ3) is 3.71. The number of rotatable bonds is 5. The molecule has 2 heterocycles. The fraction of sp³-hybridized carbons (Fsp3) is 0.235. The summed E-state index contributed by atoms with van der Waals surface area (Å²) in [4.78, 5) is 25.5. The number of fused-ring (bicyclic) bond motifs is 1. The number of carbonyl (C=O) groups is 2. The van der Waals surface area contributed by atoms with E-state index < -0.39 is 5.25 Å². The molecule has 1 atom stereocenters. The van der Waals surface area contributed by atoms with Gasteiger partial charge < -0.3 is 4.90 Å². The minimum Gasteiger partial charge on any atom is -0.347 e. The number of Topliss-reactive ketones (excluding diaryl/α,β-unsaturated/α-hetero) is 1. The second-order valence-corrected chi connectivity index (χ2v) is 7.38. The van der Waals surface area contributed by atoms with Crippen LogP contribution in [0, 0.1) is 0 Å². The molecule has 134 valence electrons. The van der Waals surface area contributed by atoms with E-state index >= 15 is 0 Å². The molecule has 0 radical (unpaired) electrons. The maximum Gasteiger partial charge on any atom is 0.243 e. The molecule has 1 unspecified atom stereocenters. The van der Waals surface area contributed by atoms with E-state index in [1.54, 1.807) is 42.9 Å². The van der Waals surface area contributed by atoms with Crippen LogP contribution >= 0.6 is 23.4 Å². The second kappa shape index (κ2) is 7.43. The van der Waals surface area contributed by atoms with Gasteiger partial charge in [-0.25, -0.2) is 0 Å². The zero-order valence-corrected chi connectivity index (χ0v) is 16.0. The molecule has 26 heavy (non-hydrogen) atoms. The van der Waals surface area contributed by atoms with Crippen molar-refractivity contribution in [1.82, 2.24) is 24.7 Å². The standard InChI is InChI=1S/C17H16ClN5O2S/c1-10(24)15(17(25)22(2)3)26-14-9-8-13-19-20-16(23(13)21-14)11-4-6-12(18)7-5-11/h4-9,15H,1-3H3. The van der Waals surface area contributed by atoms with E-state index in [0.717, 1.165) is 17.3 Å². The molecule has 7 nitrogen and oxygen atoms in total. The lowest BCUT2D eigenvalue weighted by molar-refractivity contribution is -0.132. The summed E-state index contributed by atoms with van der Waals surface area (Å²) >= 11 is 7.04. The van der Waals surface area contributed by atoms with Gasteiger partial charge >= 0.3 is 0 Å². The minimum absolute atomic E-state index is 0.225. The second-order valence-electron chi connectivity index (χ2n) is 5.81. The molecule has 0 aliphatic carbocycles. The molecule has 0 aliphatic rings. The van der Waals surface area contributed by atoms with Crippen molar-refractivity contribution in [3.63, 3.8) is 0 Å². The summed E-state index contributed by atoms with van der Waals surface area (Å²) in [5.41, 5.74) is 1.38. The first-order valence-electron chi connectivity index (χ1n) is 7.73. The van der Waals surface area contributed by atoms with Crippen molar-refractivity contribution in [1.29, 1.82) is 0 Å². The Labute approximate surface area is 159 Å². The fourth-order valence-electron chi connectivity index (χ4n) is 2.28. The Kier molecular flexibility index (Phi) is 5.24. The van der Waals surface area contributed by atoms with E-state index in [0.29, 0.717) is 21.5 Å². The average Bonchev–Trinajstić information content (AvgIpc) is 3.02. The van der Waals surface area contributed by atoms with Gasteiger partial charge in [0.15, 0.2) is 17.3 Å². The van der Waals surface area contributed by atoms with Gasteiger partial charge in [0.25, 0.3) is 0 Å². The molecule has 0 aliphatic heterocycles. The highest BCUT2D eigenvalue weighted by atomic mass is 35.5. The predicted molar refractivity (Wildman–Crippen MR) is 100 cm³/mol. The van der Waals surface area contributed by atoms with Crippen LogP contribution in [0.25, 0.3) is 17.0 Å². The van der Waals surface area contributed by atoms with Gasteiger partial charge in [-0.1, -0.05) is 23.4 Å². The Morgan fingerprint density at radius 1 is 1.12 bits per heavy atom. The average molecular weight is 390 g/mol. The first kappa shape index (κ1) is 18.3. The number of carbonyl (C=O) groups excluding carboxylic acids is 2. The fourth-order valence-corrected chi connectivity index (χ4v) is 3.40. The molecule has 1 aromatic carbocycles. The lowest BCUT2D eigenvalue weighted by Gasteiger charge is -2.17. The molecule has 0 N–H and O–H groups in total. The lowest BCUT2D eigenvalue weighted by atomic mass is 10.2. The Bertz CT molecular complexity index is 971. The smallest absolute Gasteiger partial charge is 0.243 e. The summed E-state index contributed by atoms with van der Waals surface area (Å²) in [6.07, 6.45) is 0. The van der Waals surface area contributed by atoms with Gasteiger partial charge in [0, 0.05) is 24.7 Å². The quantitative estimate of drug-likeness (QED) is 0.493. The molecule has 0 fully saturated rings. The molecule has 0 saturated heterocycles. The van der Waals surface area contributed by atoms with Crippen molar-refractivity contribution in [2.24, 2.45) is 0 Å². The molecule has 9 heteroatoms. The summed E-state index contributed by atoms with van der Waals surface area (Å²) in [6, 6.07) is 10.6. The van der Waals surface area contributed by atoms with E-state index in [-0.39, 0.29) is 11.7 Å². The summed E-state index contributed by atoms with van der Waals surface area (Å²) in [7, 11) is 3.24. The van der Waals surface area contributed by atoms with Crippen LogP contribution in [0.1, 0.15) is 6.92 Å². The predicted octanol–water partition coefficient (Wildman–Crippen LogP) is 2.58. The van der Waals surface area contributed by atoms with Crippen molar-refractivity contribution < 1.29 is 9.59 Å². The molecular formula is C17H16ClN5O2S. The zero-order chi connectivity index (χ0) is 18.8. The molecule has 3 aromatic rings. The number of halogens is 1. The molecule has 0 spiro atoms. The normalized spacial score (nSPS) is 12.2. The van der Waals surface area contributed by atoms with Crippen LogP contribution in [0.15, 0.2) is 41.4 Å². The van der Waals surface area contributed by atoms with Crippen LogP contribution in [-0.4, -0.2) is 55.7 Å². The number of aromatic nitrogens is 4. The van der Waals surface area contributed by atoms with Gasteiger partial charge in [0.05, 0.1) is 0 Å². The number of amides is 1. The summed E-state index contributed by atoms with van der Waals surface area (Å²) in [6.45, 7) is 1.40. The van der Waals surface area contributed by atoms with Gasteiger partial charge in [-0.05, 0) is 43.3 Å². The maximum absolute atomic E-state index is 12.2. The highest BCUT2D eigenvalue weighted by Gasteiger charge is 2.27.